The molecule has 0 fully saturated rings. The maximum Gasteiger partial charge on any atom is 0.465 e. The monoisotopic (exact) mass is 487 g/mol. The first-order chi connectivity index (χ1) is 13.8. The van der Waals surface area contributed by atoms with Crippen LogP contribution >= 0.6 is 31.5 Å². The molecule has 1 aromatic carbocycles. The van der Waals surface area contributed by atoms with E-state index in [2.05, 4.69) is 20.2 Å². The summed E-state index contributed by atoms with van der Waals surface area (Å²) in [6, 6.07) is 5.07. The van der Waals surface area contributed by atoms with E-state index in [-0.39, 0.29) is 17.2 Å². The van der Waals surface area contributed by atoms with E-state index in [0.29, 0.717) is 0 Å². The van der Waals surface area contributed by atoms with E-state index in [4.69, 9.17) is 28.5 Å². The summed E-state index contributed by atoms with van der Waals surface area (Å²) in [7, 11) is -7.82. The van der Waals surface area contributed by atoms with Crippen molar-refractivity contribution in [3.05, 3.63) is 35.7 Å². The first kappa shape index (κ1) is 25.9. The predicted molar refractivity (Wildman–Crippen MR) is 112 cm³/mol. The number of hydrogen-bond donors (Lipinski definition) is 1. The van der Waals surface area contributed by atoms with Gasteiger partial charge in [0.1, 0.15) is 0 Å². The van der Waals surface area contributed by atoms with Crippen LogP contribution in [0, 0.1) is 0 Å². The van der Waals surface area contributed by atoms with Crippen LogP contribution in [0.4, 0.5) is 5.69 Å². The van der Waals surface area contributed by atoms with Gasteiger partial charge in [-0.1, -0.05) is 39.0 Å². The fourth-order valence-corrected chi connectivity index (χ4v) is 4.23. The van der Waals surface area contributed by atoms with E-state index < -0.39 is 23.6 Å². The van der Waals surface area contributed by atoms with E-state index >= 15 is 0 Å². The molecule has 0 saturated heterocycles. The van der Waals surface area contributed by atoms with Gasteiger partial charge in [0.25, 0.3) is 0 Å². The van der Waals surface area contributed by atoms with Crippen LogP contribution in [-0.2, 0) is 32.1 Å². The van der Waals surface area contributed by atoms with Gasteiger partial charge in [-0.05, 0) is 30.7 Å². The fraction of sp³-hybridized carbons (Fsp3) is 0.471. The van der Waals surface area contributed by atoms with Crippen LogP contribution in [0.3, 0.4) is 0 Å². The smallest absolute Gasteiger partial charge is 0.463 e. The minimum Gasteiger partial charge on any atom is -0.463 e. The van der Waals surface area contributed by atoms with Crippen LogP contribution in [0.15, 0.2) is 40.6 Å². The van der Waals surface area contributed by atoms with Crippen LogP contribution < -0.4 is 5.09 Å². The second-order valence-corrected chi connectivity index (χ2v) is 10.2. The van der Waals surface area contributed by atoms with Gasteiger partial charge >= 0.3 is 13.7 Å². The van der Waals surface area contributed by atoms with Gasteiger partial charge in [0, 0.05) is 17.2 Å². The molecule has 0 aliphatic rings. The number of halogens is 2. The summed E-state index contributed by atoms with van der Waals surface area (Å²) < 4.78 is 49.5. The SMILES string of the molecule is CCCCCCCCOC(=O)C=CS(=O)(=O)c1ccc(NP(=O)(OCl)OCl)cc1. The Morgan fingerprint density at radius 1 is 1.07 bits per heavy atom. The lowest BCUT2D eigenvalue weighted by atomic mass is 10.1. The van der Waals surface area contributed by atoms with Crippen molar-refractivity contribution < 1.29 is 30.7 Å². The number of rotatable bonds is 14. The second-order valence-electron chi connectivity index (χ2n) is 6.05. The summed E-state index contributed by atoms with van der Waals surface area (Å²) in [6.45, 7) is 2.39. The average molecular weight is 488 g/mol. The highest BCUT2D eigenvalue weighted by atomic mass is 35.5. The van der Waals surface area contributed by atoms with Gasteiger partial charge in [0.2, 0.25) is 0 Å². The number of esters is 1. The topological polar surface area (TPSA) is 108 Å². The normalized spacial score (nSPS) is 12.2. The third-order valence-corrected chi connectivity index (χ3v) is 7.17. The maximum absolute atomic E-state index is 12.3. The number of unbranched alkanes of at least 4 members (excludes halogenated alkanes) is 5. The van der Waals surface area contributed by atoms with Crippen molar-refractivity contribution in [2.24, 2.45) is 0 Å². The van der Waals surface area contributed by atoms with Gasteiger partial charge in [0.15, 0.2) is 9.84 Å². The lowest BCUT2D eigenvalue weighted by Gasteiger charge is -2.12. The highest BCUT2D eigenvalue weighted by Gasteiger charge is 2.25. The van der Waals surface area contributed by atoms with Crippen molar-refractivity contribution in [3.63, 3.8) is 0 Å². The third-order valence-electron chi connectivity index (χ3n) is 3.76. The zero-order valence-corrected chi connectivity index (χ0v) is 19.1. The second kappa shape index (κ2) is 13.3. The Hall–Kier alpha value is -1.09. The van der Waals surface area contributed by atoms with Crippen molar-refractivity contribution in [2.75, 3.05) is 11.7 Å². The molecule has 0 spiro atoms. The first-order valence-electron chi connectivity index (χ1n) is 8.95. The van der Waals surface area contributed by atoms with Gasteiger partial charge in [0.05, 0.1) is 35.2 Å². The number of benzene rings is 1. The van der Waals surface area contributed by atoms with Crippen LogP contribution in [0.2, 0.25) is 0 Å². The molecule has 0 saturated carbocycles. The molecule has 1 rings (SSSR count). The van der Waals surface area contributed by atoms with Crippen LogP contribution in [0.5, 0.6) is 0 Å². The lowest BCUT2D eigenvalue weighted by Crippen LogP contribution is -2.04. The number of ether oxygens (including phenoxy) is 1. The summed E-state index contributed by atoms with van der Waals surface area (Å²) in [4.78, 5) is 11.6. The molecule has 0 aliphatic carbocycles. The quantitative estimate of drug-likeness (QED) is 0.153. The average Bonchev–Trinajstić information content (AvgIpc) is 2.72. The van der Waals surface area contributed by atoms with Crippen LogP contribution in [-0.4, -0.2) is 21.0 Å². The van der Waals surface area contributed by atoms with Crippen molar-refractivity contribution in [3.8, 4) is 0 Å². The highest BCUT2D eigenvalue weighted by Crippen LogP contribution is 2.50. The van der Waals surface area contributed by atoms with Crippen molar-refractivity contribution >= 4 is 53.0 Å². The molecule has 0 unspecified atom stereocenters. The molecule has 12 heteroatoms. The number of sulfone groups is 1. The molecule has 0 atom stereocenters. The number of nitrogens with one attached hydrogen (secondary N) is 1. The molecular weight excluding hydrogens is 464 g/mol. The summed E-state index contributed by atoms with van der Waals surface area (Å²) in [5.41, 5.74) is 0.191. The van der Waals surface area contributed by atoms with E-state index in [1.54, 1.807) is 0 Å². The minimum atomic E-state index is -3.95. The van der Waals surface area contributed by atoms with E-state index in [1.807, 2.05) is 0 Å². The molecule has 0 heterocycles. The molecule has 0 radical (unpaired) electrons. The molecule has 29 heavy (non-hydrogen) atoms. The van der Waals surface area contributed by atoms with Gasteiger partial charge in [-0.3, -0.25) is 5.09 Å². The summed E-state index contributed by atoms with van der Waals surface area (Å²) in [5, 5.41) is 3.06. The Morgan fingerprint density at radius 2 is 1.66 bits per heavy atom. The Kier molecular flexibility index (Phi) is 11.9. The van der Waals surface area contributed by atoms with E-state index in [0.717, 1.165) is 43.6 Å². The molecule has 1 aromatic rings. The van der Waals surface area contributed by atoms with Gasteiger partial charge in [-0.2, -0.15) is 8.15 Å². The Balaban J connectivity index is 2.54. The zero-order chi connectivity index (χ0) is 21.8. The van der Waals surface area contributed by atoms with E-state index in [1.165, 1.54) is 30.7 Å². The fourth-order valence-electron chi connectivity index (χ4n) is 2.25. The number of anilines is 1. The summed E-state index contributed by atoms with van der Waals surface area (Å²) >= 11 is 10.0. The number of carbonyl (C=O) groups is 1. The standard InChI is InChI=1S/C17H24Cl2NO7PS/c1-2-3-4-5-6-7-13-25-17(21)12-14-29(23,24)16-10-8-15(9-11-16)20-28(22,26-18)27-19/h8-12,14H,2-7,13H2,1H3,(H,20,22). The first-order valence-corrected chi connectivity index (χ1v) is 12.7. The maximum atomic E-state index is 12.3. The molecule has 0 amide bonds. The molecule has 1 N–H and O–H groups in total. The predicted octanol–water partition coefficient (Wildman–Crippen LogP) is 5.74. The van der Waals surface area contributed by atoms with Crippen molar-refractivity contribution in [2.45, 2.75) is 50.3 Å². The molecule has 0 aromatic heterocycles. The highest BCUT2D eigenvalue weighted by molar-refractivity contribution is 7.94. The summed E-state index contributed by atoms with van der Waals surface area (Å²) in [5.74, 6) is -0.722. The Labute approximate surface area is 181 Å². The molecular formula is C17H24Cl2NO7PS. The van der Waals surface area contributed by atoms with Gasteiger partial charge in [-0.25, -0.2) is 17.8 Å². The molecule has 164 valence electrons. The Morgan fingerprint density at radius 3 is 2.24 bits per heavy atom. The van der Waals surface area contributed by atoms with Gasteiger partial charge < -0.3 is 4.74 Å². The minimum absolute atomic E-state index is 0.0866. The van der Waals surface area contributed by atoms with Crippen LogP contribution in [0.1, 0.15) is 45.4 Å². The van der Waals surface area contributed by atoms with Crippen molar-refractivity contribution in [1.29, 1.82) is 0 Å². The molecule has 8 nitrogen and oxygen atoms in total. The number of hydrogen-bond acceptors (Lipinski definition) is 7. The number of carbonyl (C=O) groups excluding carboxylic acids is 1. The Bertz CT molecular complexity index is 808. The van der Waals surface area contributed by atoms with Crippen LogP contribution in [0.25, 0.3) is 0 Å². The largest absolute Gasteiger partial charge is 0.465 e. The van der Waals surface area contributed by atoms with Crippen molar-refractivity contribution in [1.82, 2.24) is 0 Å². The van der Waals surface area contributed by atoms with E-state index in [9.17, 15) is 17.8 Å². The molecule has 0 bridgehead atoms. The lowest BCUT2D eigenvalue weighted by molar-refractivity contribution is -0.137. The molecule has 0 aliphatic heterocycles. The third kappa shape index (κ3) is 9.98. The van der Waals surface area contributed by atoms with Gasteiger partial charge in [-0.15, -0.1) is 0 Å². The zero-order valence-electron chi connectivity index (χ0n) is 15.9. The summed E-state index contributed by atoms with van der Waals surface area (Å²) in [6.07, 6.45) is 7.18.